The van der Waals surface area contributed by atoms with Gasteiger partial charge in [-0.3, -0.25) is 9.59 Å². The highest BCUT2D eigenvalue weighted by molar-refractivity contribution is 5.84. The number of carbonyl (C=O) groups excluding carboxylic acids is 2. The van der Waals surface area contributed by atoms with Crippen LogP contribution < -0.4 is 10.6 Å². The third-order valence-electron chi connectivity index (χ3n) is 6.05. The molecule has 0 spiro atoms. The summed E-state index contributed by atoms with van der Waals surface area (Å²) in [6.07, 6.45) is -0.694. The summed E-state index contributed by atoms with van der Waals surface area (Å²) in [5.74, 6) is -1.63. The molecule has 0 radical (unpaired) electrons. The lowest BCUT2D eigenvalue weighted by molar-refractivity contribution is -0.149. The Balaban J connectivity index is 1.56. The maximum Gasteiger partial charge on any atom is 0.407 e. The summed E-state index contributed by atoms with van der Waals surface area (Å²) in [4.78, 5) is 36.2. The topological polar surface area (TPSA) is 105 Å². The molecular weight excluding hydrogens is 408 g/mol. The first kappa shape index (κ1) is 23.3. The minimum Gasteiger partial charge on any atom is -0.481 e. The van der Waals surface area contributed by atoms with Crippen LogP contribution in [0, 0.1) is 11.3 Å². The van der Waals surface area contributed by atoms with Crippen LogP contribution in [0.5, 0.6) is 0 Å². The highest BCUT2D eigenvalue weighted by Crippen LogP contribution is 2.44. The number of rotatable bonds is 8. The van der Waals surface area contributed by atoms with Crippen molar-refractivity contribution in [1.82, 2.24) is 10.6 Å². The van der Waals surface area contributed by atoms with Crippen LogP contribution in [0.3, 0.4) is 0 Å². The van der Waals surface area contributed by atoms with Gasteiger partial charge in [0.15, 0.2) is 0 Å². The second-order valence-corrected chi connectivity index (χ2v) is 9.00. The van der Waals surface area contributed by atoms with Crippen LogP contribution in [-0.4, -0.2) is 42.3 Å². The van der Waals surface area contributed by atoms with E-state index in [2.05, 4.69) is 22.8 Å². The fourth-order valence-electron chi connectivity index (χ4n) is 4.34. The molecule has 0 fully saturated rings. The van der Waals surface area contributed by atoms with E-state index in [0.717, 1.165) is 22.3 Å². The van der Waals surface area contributed by atoms with Gasteiger partial charge in [-0.25, -0.2) is 4.79 Å². The van der Waals surface area contributed by atoms with Gasteiger partial charge < -0.3 is 20.5 Å². The van der Waals surface area contributed by atoms with E-state index in [1.165, 1.54) is 0 Å². The monoisotopic (exact) mass is 438 g/mol. The quantitative estimate of drug-likeness (QED) is 0.582. The number of alkyl carbamates (subject to hydrolysis) is 1. The SMILES string of the molecule is CC(C)C(NC(=O)CNC(=O)OCC1c2ccccc2-c2ccccc21)C(C)(C)C(=O)O. The zero-order valence-electron chi connectivity index (χ0n) is 18.8. The molecule has 2 amide bonds. The minimum atomic E-state index is -1.15. The minimum absolute atomic E-state index is 0.0661. The van der Waals surface area contributed by atoms with Crippen LogP contribution in [-0.2, 0) is 14.3 Å². The maximum absolute atomic E-state index is 12.3. The van der Waals surface area contributed by atoms with Gasteiger partial charge in [-0.05, 0) is 42.0 Å². The molecular formula is C25H30N2O5. The third kappa shape index (κ3) is 4.77. The molecule has 1 atom stereocenters. The Bertz CT molecular complexity index is 969. The van der Waals surface area contributed by atoms with Gasteiger partial charge in [-0.1, -0.05) is 62.4 Å². The summed E-state index contributed by atoms with van der Waals surface area (Å²) in [6, 6.07) is 15.5. The van der Waals surface area contributed by atoms with Gasteiger partial charge in [0.25, 0.3) is 0 Å². The summed E-state index contributed by atoms with van der Waals surface area (Å²) >= 11 is 0. The normalized spacial score (nSPS) is 13.8. The van der Waals surface area contributed by atoms with Gasteiger partial charge in [0.1, 0.15) is 13.2 Å². The molecule has 170 valence electrons. The Morgan fingerprint density at radius 2 is 1.53 bits per heavy atom. The van der Waals surface area contributed by atoms with Crippen LogP contribution in [0.15, 0.2) is 48.5 Å². The molecule has 0 aliphatic heterocycles. The van der Waals surface area contributed by atoms with Crippen LogP contribution in [0.25, 0.3) is 11.1 Å². The number of carboxylic acid groups (broad SMARTS) is 1. The summed E-state index contributed by atoms with van der Waals surface area (Å²) in [5, 5.41) is 14.6. The first-order chi connectivity index (χ1) is 15.1. The second-order valence-electron chi connectivity index (χ2n) is 9.00. The van der Waals surface area contributed by atoms with Gasteiger partial charge in [-0.2, -0.15) is 0 Å². The van der Waals surface area contributed by atoms with E-state index < -0.39 is 29.4 Å². The molecule has 7 nitrogen and oxygen atoms in total. The van der Waals surface area contributed by atoms with Gasteiger partial charge in [0, 0.05) is 12.0 Å². The summed E-state index contributed by atoms with van der Waals surface area (Å²) in [5.41, 5.74) is 3.34. The van der Waals surface area contributed by atoms with Crippen molar-refractivity contribution in [3.63, 3.8) is 0 Å². The van der Waals surface area contributed by atoms with Gasteiger partial charge in [0.2, 0.25) is 5.91 Å². The molecule has 0 saturated heterocycles. The highest BCUT2D eigenvalue weighted by atomic mass is 16.5. The van der Waals surface area contributed by atoms with Crippen molar-refractivity contribution in [2.45, 2.75) is 39.7 Å². The number of amides is 2. The largest absolute Gasteiger partial charge is 0.481 e. The molecule has 7 heteroatoms. The predicted octanol–water partition coefficient (Wildman–Crippen LogP) is 3.78. The third-order valence-corrected chi connectivity index (χ3v) is 6.05. The number of hydrogen-bond donors (Lipinski definition) is 3. The Morgan fingerprint density at radius 1 is 1.00 bits per heavy atom. The number of benzene rings is 2. The fraction of sp³-hybridized carbons (Fsp3) is 0.400. The zero-order chi connectivity index (χ0) is 23.5. The summed E-state index contributed by atoms with van der Waals surface area (Å²) in [6.45, 7) is 6.68. The molecule has 2 aromatic rings. The predicted molar refractivity (Wildman–Crippen MR) is 121 cm³/mol. The van der Waals surface area contributed by atoms with Crippen LogP contribution in [0.2, 0.25) is 0 Å². The molecule has 3 rings (SSSR count). The molecule has 1 aliphatic carbocycles. The second kappa shape index (κ2) is 9.42. The van der Waals surface area contributed by atoms with E-state index in [1.807, 2.05) is 50.2 Å². The Hall–Kier alpha value is -3.35. The number of hydrogen-bond acceptors (Lipinski definition) is 4. The van der Waals surface area contributed by atoms with E-state index in [-0.39, 0.29) is 25.0 Å². The van der Waals surface area contributed by atoms with Crippen molar-refractivity contribution in [3.8, 4) is 11.1 Å². The molecule has 3 N–H and O–H groups in total. The summed E-state index contributed by atoms with van der Waals surface area (Å²) in [7, 11) is 0. The zero-order valence-corrected chi connectivity index (χ0v) is 18.8. The van der Waals surface area contributed by atoms with Crippen molar-refractivity contribution in [2.75, 3.05) is 13.2 Å². The number of carbonyl (C=O) groups is 3. The van der Waals surface area contributed by atoms with Crippen molar-refractivity contribution in [1.29, 1.82) is 0 Å². The molecule has 0 bridgehead atoms. The van der Waals surface area contributed by atoms with E-state index in [4.69, 9.17) is 4.74 Å². The van der Waals surface area contributed by atoms with E-state index in [9.17, 15) is 19.5 Å². The first-order valence-corrected chi connectivity index (χ1v) is 10.7. The Kier molecular flexibility index (Phi) is 6.87. The number of aliphatic carboxylic acids is 1. The average Bonchev–Trinajstić information content (AvgIpc) is 3.08. The van der Waals surface area contributed by atoms with Crippen LogP contribution in [0.4, 0.5) is 4.79 Å². The standard InChI is InChI=1S/C25H30N2O5/c1-15(2)22(25(3,4)23(29)30)27-21(28)13-26-24(31)32-14-20-18-11-7-5-9-16(18)17-10-6-8-12-19(17)20/h5-12,15,20,22H,13-14H2,1-4H3,(H,26,31)(H,27,28)(H,29,30). The molecule has 2 aromatic carbocycles. The lowest BCUT2D eigenvalue weighted by Gasteiger charge is -2.34. The van der Waals surface area contributed by atoms with Crippen molar-refractivity contribution in [3.05, 3.63) is 59.7 Å². The maximum atomic E-state index is 12.3. The molecule has 1 unspecified atom stereocenters. The van der Waals surface area contributed by atoms with Gasteiger partial charge in [-0.15, -0.1) is 0 Å². The molecule has 1 aliphatic rings. The van der Waals surface area contributed by atoms with E-state index in [0.29, 0.717) is 0 Å². The fourth-order valence-corrected chi connectivity index (χ4v) is 4.34. The van der Waals surface area contributed by atoms with E-state index >= 15 is 0 Å². The van der Waals surface area contributed by atoms with Crippen molar-refractivity contribution >= 4 is 18.0 Å². The number of nitrogens with one attached hydrogen (secondary N) is 2. The average molecular weight is 439 g/mol. The smallest absolute Gasteiger partial charge is 0.407 e. The molecule has 32 heavy (non-hydrogen) atoms. The molecule has 0 heterocycles. The highest BCUT2D eigenvalue weighted by Gasteiger charge is 2.39. The van der Waals surface area contributed by atoms with Crippen LogP contribution in [0.1, 0.15) is 44.7 Å². The first-order valence-electron chi connectivity index (χ1n) is 10.7. The van der Waals surface area contributed by atoms with Crippen molar-refractivity contribution in [2.24, 2.45) is 11.3 Å². The lowest BCUT2D eigenvalue weighted by atomic mass is 9.78. The van der Waals surface area contributed by atoms with Gasteiger partial charge in [0.05, 0.1) is 5.41 Å². The lowest BCUT2D eigenvalue weighted by Crippen LogP contribution is -2.53. The molecule has 0 aromatic heterocycles. The molecule has 0 saturated carbocycles. The number of ether oxygens (including phenoxy) is 1. The van der Waals surface area contributed by atoms with Crippen molar-refractivity contribution < 1.29 is 24.2 Å². The van der Waals surface area contributed by atoms with Gasteiger partial charge >= 0.3 is 12.1 Å². The Labute approximate surface area is 188 Å². The number of carboxylic acids is 1. The summed E-state index contributed by atoms with van der Waals surface area (Å²) < 4.78 is 5.42. The van der Waals surface area contributed by atoms with E-state index in [1.54, 1.807) is 13.8 Å². The van der Waals surface area contributed by atoms with Crippen LogP contribution >= 0.6 is 0 Å². The Morgan fingerprint density at radius 3 is 2.03 bits per heavy atom. The number of fused-ring (bicyclic) bond motifs is 3.